The molecule has 6 heteroatoms. The van der Waals surface area contributed by atoms with E-state index in [1.165, 1.54) is 0 Å². The average Bonchev–Trinajstić information content (AvgIpc) is 2.99. The molecular formula is C15H23N5S. The average molecular weight is 305 g/mol. The number of hydrogen-bond acceptors (Lipinski definition) is 6. The molecule has 114 valence electrons. The molecule has 2 rings (SSSR count). The number of aromatic nitrogens is 3. The molecule has 2 N–H and O–H groups in total. The second-order valence-electron chi connectivity index (χ2n) is 4.92. The number of rotatable bonds is 8. The van der Waals surface area contributed by atoms with Crippen molar-refractivity contribution in [2.45, 2.75) is 46.6 Å². The van der Waals surface area contributed by atoms with Crippen molar-refractivity contribution in [1.29, 1.82) is 0 Å². The normalized spacial score (nSPS) is 10.6. The van der Waals surface area contributed by atoms with Crippen LogP contribution in [0.25, 0.3) is 0 Å². The van der Waals surface area contributed by atoms with Gasteiger partial charge in [0.2, 0.25) is 0 Å². The Labute approximate surface area is 130 Å². The first kappa shape index (κ1) is 15.7. The van der Waals surface area contributed by atoms with Gasteiger partial charge in [0, 0.05) is 30.1 Å². The van der Waals surface area contributed by atoms with Crippen molar-refractivity contribution in [1.82, 2.24) is 15.0 Å². The smallest absolute Gasteiger partial charge is 0.135 e. The number of aryl methyl sites for hydroxylation is 1. The Morgan fingerprint density at radius 1 is 1.10 bits per heavy atom. The molecule has 0 aromatic carbocycles. The van der Waals surface area contributed by atoms with Crippen LogP contribution in [-0.4, -0.2) is 21.5 Å². The summed E-state index contributed by atoms with van der Waals surface area (Å²) in [5.41, 5.74) is 1.07. The van der Waals surface area contributed by atoms with Crippen LogP contribution in [0.4, 0.5) is 11.6 Å². The molecule has 0 fully saturated rings. The van der Waals surface area contributed by atoms with Crippen molar-refractivity contribution >= 4 is 23.0 Å². The topological polar surface area (TPSA) is 62.7 Å². The molecule has 2 aromatic rings. The van der Waals surface area contributed by atoms with Crippen molar-refractivity contribution < 1.29 is 0 Å². The summed E-state index contributed by atoms with van der Waals surface area (Å²) in [6, 6.07) is 0. The largest absolute Gasteiger partial charge is 0.370 e. The van der Waals surface area contributed by atoms with Gasteiger partial charge in [-0.1, -0.05) is 13.8 Å². The number of thiazole rings is 1. The minimum absolute atomic E-state index is 0.703. The fourth-order valence-corrected chi connectivity index (χ4v) is 2.54. The van der Waals surface area contributed by atoms with Crippen molar-refractivity contribution in [3.8, 4) is 0 Å². The lowest BCUT2D eigenvalue weighted by molar-refractivity contribution is 0.827. The van der Waals surface area contributed by atoms with E-state index in [2.05, 4.69) is 46.4 Å². The lowest BCUT2D eigenvalue weighted by atomic mass is 10.2. The van der Waals surface area contributed by atoms with Gasteiger partial charge < -0.3 is 10.6 Å². The molecule has 0 aliphatic heterocycles. The van der Waals surface area contributed by atoms with Gasteiger partial charge in [0.25, 0.3) is 0 Å². The van der Waals surface area contributed by atoms with Crippen LogP contribution >= 0.6 is 11.3 Å². The highest BCUT2D eigenvalue weighted by Gasteiger charge is 2.10. The summed E-state index contributed by atoms with van der Waals surface area (Å²) >= 11 is 1.65. The summed E-state index contributed by atoms with van der Waals surface area (Å²) in [6.07, 6.45) is 4.84. The third-order valence-electron chi connectivity index (χ3n) is 3.10. The highest BCUT2D eigenvalue weighted by Crippen LogP contribution is 2.21. The maximum atomic E-state index is 4.64. The Kier molecular flexibility index (Phi) is 5.92. The van der Waals surface area contributed by atoms with Gasteiger partial charge in [-0.3, -0.25) is 0 Å². The standard InChI is InChI=1S/C15H23N5S/c1-4-6-12-19-14(17-7-5-2)11(3)15(20-12)18-10-13-16-8-9-21-13/h8-9H,4-7,10H2,1-3H3,(H2,17,18,19,20). The second kappa shape index (κ2) is 7.93. The fourth-order valence-electron chi connectivity index (χ4n) is 1.99. The molecule has 0 amide bonds. The molecular weight excluding hydrogens is 282 g/mol. The van der Waals surface area contributed by atoms with E-state index in [4.69, 9.17) is 0 Å². The van der Waals surface area contributed by atoms with E-state index in [0.29, 0.717) is 6.54 Å². The molecule has 0 atom stereocenters. The molecule has 0 saturated heterocycles. The zero-order valence-corrected chi connectivity index (χ0v) is 13.8. The third kappa shape index (κ3) is 4.39. The molecule has 0 saturated carbocycles. The molecule has 0 spiro atoms. The van der Waals surface area contributed by atoms with E-state index >= 15 is 0 Å². The Hall–Kier alpha value is -1.69. The summed E-state index contributed by atoms with van der Waals surface area (Å²) in [6.45, 7) is 7.98. The predicted molar refractivity (Wildman–Crippen MR) is 89.0 cm³/mol. The van der Waals surface area contributed by atoms with Gasteiger partial charge in [0.05, 0.1) is 6.54 Å². The van der Waals surface area contributed by atoms with Crippen LogP contribution in [0.15, 0.2) is 11.6 Å². The molecule has 21 heavy (non-hydrogen) atoms. The number of nitrogens with zero attached hydrogens (tertiary/aromatic N) is 3. The van der Waals surface area contributed by atoms with Gasteiger partial charge in [-0.05, 0) is 19.8 Å². The Morgan fingerprint density at radius 2 is 1.86 bits per heavy atom. The summed E-state index contributed by atoms with van der Waals surface area (Å²) in [5.74, 6) is 2.74. The molecule has 0 aliphatic rings. The Balaban J connectivity index is 2.18. The minimum Gasteiger partial charge on any atom is -0.370 e. The lowest BCUT2D eigenvalue weighted by Gasteiger charge is -2.14. The zero-order chi connectivity index (χ0) is 15.1. The van der Waals surface area contributed by atoms with Crippen molar-refractivity contribution in [2.75, 3.05) is 17.2 Å². The van der Waals surface area contributed by atoms with Crippen LogP contribution in [-0.2, 0) is 13.0 Å². The molecule has 0 unspecified atom stereocenters. The van der Waals surface area contributed by atoms with Crippen molar-refractivity contribution in [3.05, 3.63) is 28.0 Å². The fraction of sp³-hybridized carbons (Fsp3) is 0.533. The van der Waals surface area contributed by atoms with Gasteiger partial charge in [-0.25, -0.2) is 15.0 Å². The van der Waals surface area contributed by atoms with Crippen LogP contribution in [0.1, 0.15) is 43.1 Å². The van der Waals surface area contributed by atoms with E-state index in [-0.39, 0.29) is 0 Å². The highest BCUT2D eigenvalue weighted by molar-refractivity contribution is 7.09. The molecule has 0 aliphatic carbocycles. The molecule has 2 heterocycles. The van der Waals surface area contributed by atoms with Gasteiger partial charge in [-0.15, -0.1) is 11.3 Å². The van der Waals surface area contributed by atoms with Crippen molar-refractivity contribution in [2.24, 2.45) is 0 Å². The van der Waals surface area contributed by atoms with E-state index < -0.39 is 0 Å². The van der Waals surface area contributed by atoms with Gasteiger partial charge in [0.15, 0.2) is 0 Å². The second-order valence-corrected chi connectivity index (χ2v) is 5.90. The van der Waals surface area contributed by atoms with Gasteiger partial charge in [-0.2, -0.15) is 0 Å². The number of hydrogen-bond donors (Lipinski definition) is 2. The first-order valence-electron chi connectivity index (χ1n) is 7.48. The lowest BCUT2D eigenvalue weighted by Crippen LogP contribution is -2.11. The zero-order valence-electron chi connectivity index (χ0n) is 12.9. The monoisotopic (exact) mass is 305 g/mol. The quantitative estimate of drug-likeness (QED) is 0.780. The van der Waals surface area contributed by atoms with Crippen LogP contribution < -0.4 is 10.6 Å². The van der Waals surface area contributed by atoms with Gasteiger partial charge in [0.1, 0.15) is 22.5 Å². The van der Waals surface area contributed by atoms with Crippen LogP contribution in [0, 0.1) is 6.92 Å². The minimum atomic E-state index is 0.703. The number of anilines is 2. The van der Waals surface area contributed by atoms with Crippen molar-refractivity contribution in [3.63, 3.8) is 0 Å². The summed E-state index contributed by atoms with van der Waals surface area (Å²) in [7, 11) is 0. The summed E-state index contributed by atoms with van der Waals surface area (Å²) < 4.78 is 0. The molecule has 0 radical (unpaired) electrons. The Morgan fingerprint density at radius 3 is 2.48 bits per heavy atom. The molecule has 2 aromatic heterocycles. The summed E-state index contributed by atoms with van der Waals surface area (Å²) in [4.78, 5) is 13.6. The molecule has 0 bridgehead atoms. The molecule has 5 nitrogen and oxygen atoms in total. The van der Waals surface area contributed by atoms with E-state index in [9.17, 15) is 0 Å². The third-order valence-corrected chi connectivity index (χ3v) is 3.88. The maximum Gasteiger partial charge on any atom is 0.135 e. The van der Waals surface area contributed by atoms with E-state index in [1.54, 1.807) is 11.3 Å². The van der Waals surface area contributed by atoms with Crippen LogP contribution in [0.2, 0.25) is 0 Å². The highest BCUT2D eigenvalue weighted by atomic mass is 32.1. The maximum absolute atomic E-state index is 4.64. The predicted octanol–water partition coefficient (Wildman–Crippen LogP) is 3.63. The van der Waals surface area contributed by atoms with Gasteiger partial charge >= 0.3 is 0 Å². The van der Waals surface area contributed by atoms with E-state index in [1.807, 2.05) is 11.6 Å². The first-order valence-corrected chi connectivity index (χ1v) is 8.36. The van der Waals surface area contributed by atoms with Crippen LogP contribution in [0.3, 0.4) is 0 Å². The van der Waals surface area contributed by atoms with Crippen LogP contribution in [0.5, 0.6) is 0 Å². The Bertz CT molecular complexity index is 553. The van der Waals surface area contributed by atoms with E-state index in [0.717, 1.165) is 53.8 Å². The number of nitrogens with one attached hydrogen (secondary N) is 2. The SMILES string of the molecule is CCCNc1nc(CCC)nc(NCc2nccs2)c1C. The summed E-state index contributed by atoms with van der Waals surface area (Å²) in [5, 5.41) is 9.83. The first-order chi connectivity index (χ1) is 10.2.